The van der Waals surface area contributed by atoms with Crippen molar-refractivity contribution in [1.29, 1.82) is 0 Å². The Kier molecular flexibility index (Phi) is 4.80. The molecule has 0 radical (unpaired) electrons. The monoisotopic (exact) mass is 312 g/mol. The highest BCUT2D eigenvalue weighted by molar-refractivity contribution is 5.76. The van der Waals surface area contributed by atoms with Gasteiger partial charge in [0.2, 0.25) is 5.91 Å². The zero-order valence-electron chi connectivity index (χ0n) is 12.9. The third-order valence-electron chi connectivity index (χ3n) is 4.26. The smallest absolute Gasteiger partial charge is 0.342 e. The second-order valence-electron chi connectivity index (χ2n) is 5.87. The molecule has 6 heteroatoms. The molecule has 0 aromatic carbocycles. The maximum absolute atomic E-state index is 12.4. The minimum Gasteiger partial charge on any atom is -0.342 e. The Hall–Kier alpha value is -2.50. The van der Waals surface area contributed by atoms with Crippen LogP contribution in [0.5, 0.6) is 0 Å². The SMILES string of the molecule is O=C(CCc1cccnc1)N1CCCC(c2ccnc(=O)[nH]2)C1. The first-order valence-electron chi connectivity index (χ1n) is 7.94. The van der Waals surface area contributed by atoms with E-state index >= 15 is 0 Å². The third-order valence-corrected chi connectivity index (χ3v) is 4.26. The molecule has 2 aromatic rings. The second-order valence-corrected chi connectivity index (χ2v) is 5.87. The van der Waals surface area contributed by atoms with Gasteiger partial charge in [0.15, 0.2) is 0 Å². The molecule has 2 aromatic heterocycles. The molecule has 0 bridgehead atoms. The molecule has 1 N–H and O–H groups in total. The van der Waals surface area contributed by atoms with Gasteiger partial charge < -0.3 is 9.88 Å². The molecule has 0 aliphatic carbocycles. The number of nitrogens with one attached hydrogen (secondary N) is 1. The molecule has 3 heterocycles. The minimum atomic E-state index is -0.331. The van der Waals surface area contributed by atoms with Crippen LogP contribution in [0.25, 0.3) is 0 Å². The lowest BCUT2D eigenvalue weighted by Crippen LogP contribution is -2.39. The largest absolute Gasteiger partial charge is 0.345 e. The molecule has 1 saturated heterocycles. The molecular formula is C17H20N4O2. The zero-order chi connectivity index (χ0) is 16.1. The average Bonchev–Trinajstić information content (AvgIpc) is 2.61. The van der Waals surface area contributed by atoms with E-state index in [0.717, 1.165) is 30.6 Å². The van der Waals surface area contributed by atoms with Crippen LogP contribution in [-0.4, -0.2) is 38.8 Å². The van der Waals surface area contributed by atoms with Gasteiger partial charge >= 0.3 is 5.69 Å². The summed E-state index contributed by atoms with van der Waals surface area (Å²) in [4.78, 5) is 36.2. The summed E-state index contributed by atoms with van der Waals surface area (Å²) in [7, 11) is 0. The Labute approximate surface area is 134 Å². The van der Waals surface area contributed by atoms with Gasteiger partial charge in [0.1, 0.15) is 0 Å². The lowest BCUT2D eigenvalue weighted by molar-refractivity contribution is -0.132. The Bertz CT molecular complexity index is 714. The molecular weight excluding hydrogens is 292 g/mol. The summed E-state index contributed by atoms with van der Waals surface area (Å²) in [5.74, 6) is 0.344. The van der Waals surface area contributed by atoms with E-state index in [2.05, 4.69) is 15.0 Å². The van der Waals surface area contributed by atoms with E-state index in [9.17, 15) is 9.59 Å². The first-order chi connectivity index (χ1) is 11.2. The summed E-state index contributed by atoms with van der Waals surface area (Å²) >= 11 is 0. The van der Waals surface area contributed by atoms with E-state index in [1.54, 1.807) is 12.4 Å². The van der Waals surface area contributed by atoms with Crippen LogP contribution in [0.4, 0.5) is 0 Å². The van der Waals surface area contributed by atoms with Crippen LogP contribution in [0.2, 0.25) is 0 Å². The molecule has 0 saturated carbocycles. The number of aromatic amines is 1. The highest BCUT2D eigenvalue weighted by Gasteiger charge is 2.25. The topological polar surface area (TPSA) is 79.0 Å². The molecule has 0 spiro atoms. The fourth-order valence-electron chi connectivity index (χ4n) is 3.03. The zero-order valence-corrected chi connectivity index (χ0v) is 12.9. The molecule has 23 heavy (non-hydrogen) atoms. The Morgan fingerprint density at radius 1 is 1.35 bits per heavy atom. The lowest BCUT2D eigenvalue weighted by Gasteiger charge is -2.32. The van der Waals surface area contributed by atoms with Crippen LogP contribution in [-0.2, 0) is 11.2 Å². The van der Waals surface area contributed by atoms with Crippen LogP contribution < -0.4 is 5.69 Å². The van der Waals surface area contributed by atoms with Gasteiger partial charge in [0.05, 0.1) is 0 Å². The van der Waals surface area contributed by atoms with Crippen molar-refractivity contribution in [2.24, 2.45) is 0 Å². The van der Waals surface area contributed by atoms with Crippen molar-refractivity contribution in [3.63, 3.8) is 0 Å². The number of hydrogen-bond acceptors (Lipinski definition) is 4. The number of carbonyl (C=O) groups excluding carboxylic acids is 1. The number of likely N-dealkylation sites (tertiary alicyclic amines) is 1. The number of aryl methyl sites for hydroxylation is 1. The average molecular weight is 312 g/mol. The number of piperidine rings is 1. The van der Waals surface area contributed by atoms with Crippen LogP contribution in [0.3, 0.4) is 0 Å². The Balaban J connectivity index is 1.59. The molecule has 6 nitrogen and oxygen atoms in total. The van der Waals surface area contributed by atoms with Crippen molar-refractivity contribution in [1.82, 2.24) is 19.9 Å². The van der Waals surface area contributed by atoms with Crippen LogP contribution in [0.1, 0.15) is 36.4 Å². The van der Waals surface area contributed by atoms with E-state index in [1.807, 2.05) is 23.1 Å². The molecule has 3 rings (SSSR count). The number of pyridine rings is 1. The quantitative estimate of drug-likeness (QED) is 0.928. The normalized spacial score (nSPS) is 17.9. The van der Waals surface area contributed by atoms with Gasteiger partial charge in [0.25, 0.3) is 0 Å². The van der Waals surface area contributed by atoms with Crippen LogP contribution in [0.15, 0.2) is 41.6 Å². The highest BCUT2D eigenvalue weighted by Crippen LogP contribution is 2.25. The second kappa shape index (κ2) is 7.17. The first-order valence-corrected chi connectivity index (χ1v) is 7.94. The standard InChI is InChI=1S/C17H20N4O2/c22-16(6-5-13-3-1-8-18-11-13)21-10-2-4-14(12-21)15-7-9-19-17(23)20-15/h1,3,7-9,11,14H,2,4-6,10,12H2,(H,19,20,23). The Morgan fingerprint density at radius 2 is 2.26 bits per heavy atom. The van der Waals surface area contributed by atoms with E-state index in [1.165, 1.54) is 6.20 Å². The first kappa shape index (κ1) is 15.4. The van der Waals surface area contributed by atoms with Gasteiger partial charge in [-0.05, 0) is 37.0 Å². The molecule has 1 amide bonds. The van der Waals surface area contributed by atoms with Crippen LogP contribution in [0, 0.1) is 0 Å². The van der Waals surface area contributed by atoms with E-state index in [4.69, 9.17) is 0 Å². The van der Waals surface area contributed by atoms with Crippen molar-refractivity contribution in [3.05, 3.63) is 58.5 Å². The number of amides is 1. The molecule has 1 fully saturated rings. The minimum absolute atomic E-state index is 0.162. The number of rotatable bonds is 4. The molecule has 1 aliphatic rings. The van der Waals surface area contributed by atoms with Gasteiger partial charge in [0, 0.05) is 49.7 Å². The van der Waals surface area contributed by atoms with Gasteiger partial charge in [-0.1, -0.05) is 6.07 Å². The maximum atomic E-state index is 12.4. The summed E-state index contributed by atoms with van der Waals surface area (Å²) < 4.78 is 0. The highest BCUT2D eigenvalue weighted by atomic mass is 16.2. The number of aromatic nitrogens is 3. The predicted octanol–water partition coefficient (Wildman–Crippen LogP) is 1.50. The maximum Gasteiger partial charge on any atom is 0.345 e. The van der Waals surface area contributed by atoms with E-state index in [0.29, 0.717) is 19.4 Å². The summed E-state index contributed by atoms with van der Waals surface area (Å²) in [6.45, 7) is 1.45. The van der Waals surface area contributed by atoms with E-state index in [-0.39, 0.29) is 17.5 Å². The Morgan fingerprint density at radius 3 is 3.04 bits per heavy atom. The number of carbonyl (C=O) groups is 1. The lowest BCUT2D eigenvalue weighted by atomic mass is 9.94. The van der Waals surface area contributed by atoms with Gasteiger partial charge in [-0.3, -0.25) is 9.78 Å². The number of hydrogen-bond donors (Lipinski definition) is 1. The summed E-state index contributed by atoms with van der Waals surface area (Å²) in [6.07, 6.45) is 8.19. The predicted molar refractivity (Wildman–Crippen MR) is 86.0 cm³/mol. The molecule has 1 unspecified atom stereocenters. The van der Waals surface area contributed by atoms with Gasteiger partial charge in [-0.2, -0.15) is 0 Å². The summed E-state index contributed by atoms with van der Waals surface area (Å²) in [5, 5.41) is 0. The van der Waals surface area contributed by atoms with Crippen molar-refractivity contribution in [2.45, 2.75) is 31.6 Å². The molecule has 120 valence electrons. The fourth-order valence-corrected chi connectivity index (χ4v) is 3.03. The molecule has 1 atom stereocenters. The van der Waals surface area contributed by atoms with Crippen LogP contribution >= 0.6 is 0 Å². The van der Waals surface area contributed by atoms with Gasteiger partial charge in [-0.25, -0.2) is 9.78 Å². The van der Waals surface area contributed by atoms with Crippen molar-refractivity contribution in [2.75, 3.05) is 13.1 Å². The summed E-state index contributed by atoms with van der Waals surface area (Å²) in [5.41, 5.74) is 1.62. The van der Waals surface area contributed by atoms with Gasteiger partial charge in [-0.15, -0.1) is 0 Å². The number of H-pyrrole nitrogens is 1. The summed E-state index contributed by atoms with van der Waals surface area (Å²) in [6, 6.07) is 5.70. The molecule has 1 aliphatic heterocycles. The van der Waals surface area contributed by atoms with Crippen molar-refractivity contribution >= 4 is 5.91 Å². The third kappa shape index (κ3) is 4.03. The number of nitrogens with zero attached hydrogens (tertiary/aromatic N) is 3. The fraction of sp³-hybridized carbons (Fsp3) is 0.412. The van der Waals surface area contributed by atoms with E-state index < -0.39 is 0 Å². The van der Waals surface area contributed by atoms with Crippen molar-refractivity contribution < 1.29 is 4.79 Å². The van der Waals surface area contributed by atoms with Crippen molar-refractivity contribution in [3.8, 4) is 0 Å².